The average molecular weight is 428 g/mol. The van der Waals surface area contributed by atoms with Gasteiger partial charge in [0.05, 0.1) is 5.56 Å². The lowest BCUT2D eigenvalue weighted by Crippen LogP contribution is -2.18. The molecule has 0 spiro atoms. The molecule has 7 heteroatoms. The van der Waals surface area contributed by atoms with E-state index in [4.69, 9.17) is 0 Å². The summed E-state index contributed by atoms with van der Waals surface area (Å²) in [7, 11) is 0. The van der Waals surface area contributed by atoms with Gasteiger partial charge in [-0.2, -0.15) is 0 Å². The van der Waals surface area contributed by atoms with Crippen molar-refractivity contribution in [3.8, 4) is 16.9 Å². The highest BCUT2D eigenvalue weighted by atomic mass is 19.4. The second-order valence-corrected chi connectivity index (χ2v) is 7.43. The van der Waals surface area contributed by atoms with E-state index >= 15 is 4.39 Å². The third-order valence-electron chi connectivity index (χ3n) is 5.22. The predicted octanol–water partition coefficient (Wildman–Crippen LogP) is 7.66. The highest BCUT2D eigenvalue weighted by Gasteiger charge is 2.32. The summed E-state index contributed by atoms with van der Waals surface area (Å²) in [5.74, 6) is -4.09. The summed E-state index contributed by atoms with van der Waals surface area (Å²) in [6.45, 7) is 2.13. The van der Waals surface area contributed by atoms with E-state index in [0.29, 0.717) is 36.1 Å². The Kier molecular flexibility index (Phi) is 6.78. The van der Waals surface area contributed by atoms with Gasteiger partial charge in [-0.1, -0.05) is 43.9 Å². The number of ether oxygens (including phenoxy) is 1. The molecule has 0 heterocycles. The number of rotatable bonds is 7. The van der Waals surface area contributed by atoms with Gasteiger partial charge in [0, 0.05) is 0 Å². The minimum Gasteiger partial charge on any atom is -0.403 e. The summed E-state index contributed by atoms with van der Waals surface area (Å²) in [5.41, 5.74) is 1.39. The molecule has 0 fully saturated rings. The van der Waals surface area contributed by atoms with Crippen LogP contribution in [-0.4, -0.2) is 6.36 Å². The Morgan fingerprint density at radius 1 is 0.967 bits per heavy atom. The summed E-state index contributed by atoms with van der Waals surface area (Å²) in [6, 6.07) is 3.61. The lowest BCUT2D eigenvalue weighted by molar-refractivity contribution is -0.275. The van der Waals surface area contributed by atoms with E-state index < -0.39 is 35.1 Å². The van der Waals surface area contributed by atoms with Crippen molar-refractivity contribution < 1.29 is 31.1 Å². The maximum Gasteiger partial charge on any atom is 0.573 e. The molecule has 1 aliphatic rings. The maximum absolute atomic E-state index is 15.1. The lowest BCUT2D eigenvalue weighted by Gasteiger charge is -2.20. The van der Waals surface area contributed by atoms with Crippen LogP contribution in [-0.2, 0) is 12.8 Å². The number of allylic oxidation sites excluding steroid dienone is 2. The summed E-state index contributed by atoms with van der Waals surface area (Å²) < 4.78 is 84.3. The number of fused-ring (bicyclic) bond motifs is 1. The smallest absolute Gasteiger partial charge is 0.403 e. The van der Waals surface area contributed by atoms with Crippen molar-refractivity contribution in [1.29, 1.82) is 0 Å². The van der Waals surface area contributed by atoms with Crippen LogP contribution < -0.4 is 4.74 Å². The first-order chi connectivity index (χ1) is 14.2. The molecular formula is C23H22F6O. The van der Waals surface area contributed by atoms with Gasteiger partial charge in [0.15, 0.2) is 11.6 Å². The molecule has 0 amide bonds. The lowest BCUT2D eigenvalue weighted by atomic mass is 9.86. The molecule has 0 saturated carbocycles. The van der Waals surface area contributed by atoms with Crippen LogP contribution in [0.1, 0.15) is 50.2 Å². The molecule has 0 unspecified atom stereocenters. The number of unbranched alkanes of at least 4 members (excludes halogenated alkanes) is 3. The van der Waals surface area contributed by atoms with Crippen molar-refractivity contribution in [2.24, 2.45) is 0 Å². The molecule has 2 aromatic rings. The van der Waals surface area contributed by atoms with Gasteiger partial charge in [-0.15, -0.1) is 13.2 Å². The molecule has 0 bridgehead atoms. The molecule has 0 aliphatic heterocycles. The Bertz CT molecular complexity index is 946. The minimum atomic E-state index is -5.06. The normalized spacial score (nSPS) is 13.8. The fourth-order valence-corrected chi connectivity index (χ4v) is 3.75. The number of hydrogen-bond acceptors (Lipinski definition) is 1. The van der Waals surface area contributed by atoms with Crippen molar-refractivity contribution in [3.63, 3.8) is 0 Å². The highest BCUT2D eigenvalue weighted by Crippen LogP contribution is 2.36. The average Bonchev–Trinajstić information content (AvgIpc) is 2.66. The zero-order valence-corrected chi connectivity index (χ0v) is 16.5. The zero-order valence-electron chi connectivity index (χ0n) is 16.5. The largest absolute Gasteiger partial charge is 0.573 e. The second-order valence-electron chi connectivity index (χ2n) is 7.43. The van der Waals surface area contributed by atoms with E-state index in [-0.39, 0.29) is 5.56 Å². The monoisotopic (exact) mass is 428 g/mol. The van der Waals surface area contributed by atoms with Crippen molar-refractivity contribution in [3.05, 3.63) is 64.5 Å². The fraction of sp³-hybridized carbons (Fsp3) is 0.391. The Hall–Kier alpha value is -2.44. The third-order valence-corrected chi connectivity index (χ3v) is 5.22. The minimum absolute atomic E-state index is 0.186. The van der Waals surface area contributed by atoms with Crippen LogP contribution in [0, 0.1) is 17.5 Å². The van der Waals surface area contributed by atoms with Gasteiger partial charge in [-0.25, -0.2) is 13.2 Å². The zero-order chi connectivity index (χ0) is 21.9. The molecule has 162 valence electrons. The molecule has 0 aromatic heterocycles. The predicted molar refractivity (Wildman–Crippen MR) is 103 cm³/mol. The molecule has 0 atom stereocenters. The molecule has 1 nitrogen and oxygen atoms in total. The van der Waals surface area contributed by atoms with Gasteiger partial charge in [0.25, 0.3) is 0 Å². The fourth-order valence-electron chi connectivity index (χ4n) is 3.75. The standard InChI is InChI=1S/C23H22F6O/c1-2-3-4-5-6-14-7-9-17-16(11-14)13-19(25)21(22(17)26)15-8-10-20(18(24)12-15)30-23(27,28)29/h7-8,10,12-13H,2-6,9,11H2,1H3. The number of benzene rings is 2. The first kappa shape index (κ1) is 22.2. The molecule has 0 saturated heterocycles. The second kappa shape index (κ2) is 9.14. The third kappa shape index (κ3) is 5.18. The first-order valence-electron chi connectivity index (χ1n) is 9.93. The van der Waals surface area contributed by atoms with Crippen LogP contribution in [0.5, 0.6) is 5.75 Å². The van der Waals surface area contributed by atoms with Crippen LogP contribution in [0.25, 0.3) is 11.1 Å². The van der Waals surface area contributed by atoms with Gasteiger partial charge in [0.1, 0.15) is 11.6 Å². The van der Waals surface area contributed by atoms with Crippen LogP contribution in [0.4, 0.5) is 26.3 Å². The topological polar surface area (TPSA) is 9.23 Å². The SMILES string of the molecule is CCCCCCC1=CCc2c(cc(F)c(-c3ccc(OC(F)(F)F)c(F)c3)c2F)C1. The van der Waals surface area contributed by atoms with Gasteiger partial charge < -0.3 is 4.74 Å². The molecule has 0 radical (unpaired) electrons. The summed E-state index contributed by atoms with van der Waals surface area (Å²) in [4.78, 5) is 0. The molecule has 2 aromatic carbocycles. The van der Waals surface area contributed by atoms with Crippen LogP contribution in [0.3, 0.4) is 0 Å². The van der Waals surface area contributed by atoms with E-state index in [9.17, 15) is 22.0 Å². The Balaban J connectivity index is 1.85. The summed E-state index contributed by atoms with van der Waals surface area (Å²) >= 11 is 0. The first-order valence-corrected chi connectivity index (χ1v) is 9.93. The molecular weight excluding hydrogens is 406 g/mol. The van der Waals surface area contributed by atoms with Crippen LogP contribution in [0.2, 0.25) is 0 Å². The summed E-state index contributed by atoms with van der Waals surface area (Å²) in [5, 5.41) is 0. The molecule has 0 N–H and O–H groups in total. The van der Waals surface area contributed by atoms with Crippen LogP contribution >= 0.6 is 0 Å². The highest BCUT2D eigenvalue weighted by molar-refractivity contribution is 5.68. The molecule has 3 rings (SSSR count). The van der Waals surface area contributed by atoms with Gasteiger partial charge in [-0.05, 0) is 60.6 Å². The Labute approximate surface area is 171 Å². The number of alkyl halides is 3. The van der Waals surface area contributed by atoms with Gasteiger partial charge in [-0.3, -0.25) is 0 Å². The van der Waals surface area contributed by atoms with Crippen molar-refractivity contribution in [1.82, 2.24) is 0 Å². The van der Waals surface area contributed by atoms with E-state index in [0.717, 1.165) is 43.7 Å². The van der Waals surface area contributed by atoms with Crippen molar-refractivity contribution in [2.45, 2.75) is 58.2 Å². The van der Waals surface area contributed by atoms with Gasteiger partial charge in [0.2, 0.25) is 0 Å². The van der Waals surface area contributed by atoms with E-state index in [2.05, 4.69) is 11.7 Å². The van der Waals surface area contributed by atoms with Crippen molar-refractivity contribution >= 4 is 0 Å². The van der Waals surface area contributed by atoms with Crippen LogP contribution in [0.15, 0.2) is 35.9 Å². The Morgan fingerprint density at radius 3 is 2.40 bits per heavy atom. The van der Waals surface area contributed by atoms with E-state index in [1.165, 1.54) is 6.07 Å². The van der Waals surface area contributed by atoms with E-state index in [1.807, 2.05) is 6.08 Å². The quantitative estimate of drug-likeness (QED) is 0.250. The van der Waals surface area contributed by atoms with Gasteiger partial charge >= 0.3 is 6.36 Å². The number of halogens is 6. The Morgan fingerprint density at radius 2 is 1.73 bits per heavy atom. The maximum atomic E-state index is 15.1. The molecule has 1 aliphatic carbocycles. The van der Waals surface area contributed by atoms with Crippen molar-refractivity contribution in [2.75, 3.05) is 0 Å². The number of hydrogen-bond donors (Lipinski definition) is 0. The molecule has 30 heavy (non-hydrogen) atoms. The summed E-state index contributed by atoms with van der Waals surface area (Å²) in [6.07, 6.45) is 2.95. The van der Waals surface area contributed by atoms with E-state index in [1.54, 1.807) is 0 Å².